The number of carboxylic acids is 1. The first kappa shape index (κ1) is 38.1. The van der Waals surface area contributed by atoms with Gasteiger partial charge in [0.25, 0.3) is 0 Å². The van der Waals surface area contributed by atoms with E-state index < -0.39 is 5.97 Å². The average molecular weight is 728 g/mol. The maximum Gasteiger partial charge on any atom is 0.335 e. The second kappa shape index (κ2) is 18.0. The normalized spacial score (nSPS) is 12.8. The number of rotatable bonds is 19. The lowest BCUT2D eigenvalue weighted by molar-refractivity contribution is 0.0697. The molecular weight excluding hydrogens is 671 g/mol. The summed E-state index contributed by atoms with van der Waals surface area (Å²) >= 11 is 0. The summed E-state index contributed by atoms with van der Waals surface area (Å²) in [6.07, 6.45) is 18.0. The Hall–Kier alpha value is -5.15. The number of carboxylic acid groups (broad SMARTS) is 1. The molecule has 6 aromatic rings. The van der Waals surface area contributed by atoms with E-state index in [0.29, 0.717) is 5.56 Å². The third-order valence-corrected chi connectivity index (χ3v) is 12.0. The van der Waals surface area contributed by atoms with Crippen molar-refractivity contribution in [3.8, 4) is 22.3 Å². The molecule has 3 nitrogen and oxygen atoms in total. The predicted octanol–water partition coefficient (Wildman–Crippen LogP) is 15.4. The van der Waals surface area contributed by atoms with Gasteiger partial charge in [-0.3, -0.25) is 0 Å². The number of hydrogen-bond acceptors (Lipinski definition) is 2. The van der Waals surface area contributed by atoms with Crippen LogP contribution < -0.4 is 4.90 Å². The summed E-state index contributed by atoms with van der Waals surface area (Å²) in [5.74, 6) is -0.909. The first-order valence-corrected chi connectivity index (χ1v) is 21.0. The van der Waals surface area contributed by atoms with E-state index in [1.807, 2.05) is 12.1 Å². The minimum Gasteiger partial charge on any atom is -0.478 e. The Bertz CT molecular complexity index is 2170. The van der Waals surface area contributed by atoms with Crippen LogP contribution in [0.2, 0.25) is 0 Å². The summed E-state index contributed by atoms with van der Waals surface area (Å²) < 4.78 is 0. The van der Waals surface area contributed by atoms with Crippen LogP contribution in [0.25, 0.3) is 33.0 Å². The van der Waals surface area contributed by atoms with Gasteiger partial charge < -0.3 is 10.0 Å². The molecule has 0 aliphatic heterocycles. The number of nitrogens with zero attached hydrogens (tertiary/aromatic N) is 1. The van der Waals surface area contributed by atoms with Crippen LogP contribution in [0.5, 0.6) is 0 Å². The summed E-state index contributed by atoms with van der Waals surface area (Å²) in [6, 6.07) is 47.8. The molecule has 1 aliphatic carbocycles. The van der Waals surface area contributed by atoms with Crippen LogP contribution in [0.1, 0.15) is 125 Å². The number of anilines is 3. The molecule has 0 heterocycles. The van der Waals surface area contributed by atoms with Crippen LogP contribution in [0, 0.1) is 0 Å². The Morgan fingerprint density at radius 2 is 1.00 bits per heavy atom. The lowest BCUT2D eigenvalue weighted by Gasteiger charge is -2.34. The smallest absolute Gasteiger partial charge is 0.335 e. The number of fused-ring (bicyclic) bond motifs is 4. The summed E-state index contributed by atoms with van der Waals surface area (Å²) in [6.45, 7) is 4.60. The molecule has 0 bridgehead atoms. The molecule has 282 valence electrons. The summed E-state index contributed by atoms with van der Waals surface area (Å²) in [5, 5.41) is 11.9. The van der Waals surface area contributed by atoms with Crippen molar-refractivity contribution in [2.24, 2.45) is 0 Å². The van der Waals surface area contributed by atoms with E-state index in [1.54, 1.807) is 12.1 Å². The van der Waals surface area contributed by atoms with Crippen molar-refractivity contribution < 1.29 is 9.90 Å². The van der Waals surface area contributed by atoms with Crippen LogP contribution in [-0.2, 0) is 5.41 Å². The van der Waals surface area contributed by atoms with E-state index in [4.69, 9.17) is 0 Å². The molecule has 55 heavy (non-hydrogen) atoms. The van der Waals surface area contributed by atoms with Crippen LogP contribution >= 0.6 is 0 Å². The maximum atomic E-state index is 11.5. The first-order valence-electron chi connectivity index (χ1n) is 21.0. The molecule has 1 N–H and O–H groups in total. The van der Waals surface area contributed by atoms with Gasteiger partial charge >= 0.3 is 5.97 Å². The Kier molecular flexibility index (Phi) is 12.5. The minimum atomic E-state index is -0.909. The fourth-order valence-corrected chi connectivity index (χ4v) is 9.03. The standard InChI is InChI=1S/C52H57NO2/c1-3-5-7-9-11-17-35-52(36-18-12-10-8-6-4-2)49-22-16-15-21-47(49)48-34-33-46(38-50(48)52)53(45-32-29-39-19-13-14-20-43(39)37-45)44-30-27-41(28-31-44)40-23-25-42(26-24-40)51(54)55/h13-16,19-34,37-38H,3-12,17-18,35-36H2,1-2H3,(H,54,55). The lowest BCUT2D eigenvalue weighted by atomic mass is 9.70. The topological polar surface area (TPSA) is 40.5 Å². The molecule has 0 amide bonds. The van der Waals surface area contributed by atoms with Crippen LogP contribution in [-0.4, -0.2) is 11.1 Å². The zero-order valence-electron chi connectivity index (χ0n) is 32.9. The molecule has 0 radical (unpaired) electrons. The second-order valence-electron chi connectivity index (χ2n) is 15.7. The summed E-state index contributed by atoms with van der Waals surface area (Å²) in [4.78, 5) is 13.9. The summed E-state index contributed by atoms with van der Waals surface area (Å²) in [5.41, 5.74) is 11.6. The highest BCUT2D eigenvalue weighted by molar-refractivity contribution is 5.91. The molecule has 0 saturated heterocycles. The molecule has 0 spiro atoms. The molecular formula is C52H57NO2. The Labute approximate surface area is 329 Å². The summed E-state index contributed by atoms with van der Waals surface area (Å²) in [7, 11) is 0. The highest BCUT2D eigenvalue weighted by Crippen LogP contribution is 2.55. The molecule has 0 saturated carbocycles. The molecule has 0 aromatic heterocycles. The highest BCUT2D eigenvalue weighted by atomic mass is 16.4. The van der Waals surface area contributed by atoms with E-state index in [9.17, 15) is 9.90 Å². The zero-order chi connectivity index (χ0) is 38.0. The van der Waals surface area contributed by atoms with E-state index in [-0.39, 0.29) is 5.41 Å². The van der Waals surface area contributed by atoms with Gasteiger partial charge in [0.15, 0.2) is 0 Å². The second-order valence-corrected chi connectivity index (χ2v) is 15.7. The zero-order valence-corrected chi connectivity index (χ0v) is 32.9. The van der Waals surface area contributed by atoms with E-state index in [1.165, 1.54) is 129 Å². The fourth-order valence-electron chi connectivity index (χ4n) is 9.03. The van der Waals surface area contributed by atoms with E-state index in [2.05, 4.69) is 128 Å². The number of carbonyl (C=O) groups is 1. The number of hydrogen-bond donors (Lipinski definition) is 1. The number of benzene rings is 6. The van der Waals surface area contributed by atoms with Gasteiger partial charge in [-0.2, -0.15) is 0 Å². The molecule has 3 heteroatoms. The SMILES string of the molecule is CCCCCCCCC1(CCCCCCCC)c2ccccc2-c2ccc(N(c3ccc(-c4ccc(C(=O)O)cc4)cc3)c3ccc4ccccc4c3)cc21. The Balaban J connectivity index is 1.30. The predicted molar refractivity (Wildman–Crippen MR) is 233 cm³/mol. The van der Waals surface area contributed by atoms with Gasteiger partial charge in [0.1, 0.15) is 0 Å². The monoisotopic (exact) mass is 727 g/mol. The van der Waals surface area contributed by atoms with Crippen molar-refractivity contribution in [2.45, 2.75) is 109 Å². The van der Waals surface area contributed by atoms with Crippen molar-refractivity contribution >= 4 is 33.8 Å². The van der Waals surface area contributed by atoms with Crippen LogP contribution in [0.3, 0.4) is 0 Å². The Morgan fingerprint density at radius 1 is 0.491 bits per heavy atom. The molecule has 0 atom stereocenters. The average Bonchev–Trinajstić information content (AvgIpc) is 3.49. The number of unbranched alkanes of at least 4 members (excludes halogenated alkanes) is 10. The third-order valence-electron chi connectivity index (χ3n) is 12.0. The fraction of sp³-hybridized carbons (Fsp3) is 0.327. The van der Waals surface area contributed by atoms with Gasteiger partial charge in [0.2, 0.25) is 0 Å². The molecule has 0 fully saturated rings. The number of aromatic carboxylic acids is 1. The lowest BCUT2D eigenvalue weighted by Crippen LogP contribution is -2.26. The maximum absolute atomic E-state index is 11.5. The van der Waals surface area contributed by atoms with Gasteiger partial charge in [-0.05, 0) is 106 Å². The molecule has 0 unspecified atom stereocenters. The third kappa shape index (κ3) is 8.42. The first-order chi connectivity index (χ1) is 27.0. The van der Waals surface area contributed by atoms with Crippen molar-refractivity contribution in [2.75, 3.05) is 4.90 Å². The van der Waals surface area contributed by atoms with Crippen LogP contribution in [0.4, 0.5) is 17.1 Å². The largest absolute Gasteiger partial charge is 0.478 e. The van der Waals surface area contributed by atoms with E-state index >= 15 is 0 Å². The van der Waals surface area contributed by atoms with Gasteiger partial charge in [0.05, 0.1) is 5.56 Å². The quantitative estimate of drug-likeness (QED) is 0.0845. The highest BCUT2D eigenvalue weighted by Gasteiger charge is 2.42. The van der Waals surface area contributed by atoms with Gasteiger partial charge in [-0.25, -0.2) is 4.79 Å². The van der Waals surface area contributed by atoms with E-state index in [0.717, 1.165) is 22.5 Å². The minimum absolute atomic E-state index is 0.00151. The van der Waals surface area contributed by atoms with Gasteiger partial charge in [-0.1, -0.05) is 176 Å². The van der Waals surface area contributed by atoms with Gasteiger partial charge in [-0.15, -0.1) is 0 Å². The van der Waals surface area contributed by atoms with Crippen molar-refractivity contribution in [1.82, 2.24) is 0 Å². The molecule has 7 rings (SSSR count). The molecule has 6 aromatic carbocycles. The Morgan fingerprint density at radius 3 is 1.65 bits per heavy atom. The van der Waals surface area contributed by atoms with Crippen molar-refractivity contribution in [1.29, 1.82) is 0 Å². The van der Waals surface area contributed by atoms with Crippen molar-refractivity contribution in [3.05, 3.63) is 150 Å². The van der Waals surface area contributed by atoms with Crippen molar-refractivity contribution in [3.63, 3.8) is 0 Å². The molecule has 1 aliphatic rings. The van der Waals surface area contributed by atoms with Gasteiger partial charge in [0, 0.05) is 22.5 Å². The van der Waals surface area contributed by atoms with Crippen LogP contribution in [0.15, 0.2) is 133 Å².